The van der Waals surface area contributed by atoms with Crippen LogP contribution >= 0.6 is 0 Å². The number of anilines is 1. The summed E-state index contributed by atoms with van der Waals surface area (Å²) >= 11 is 0. The van der Waals surface area contributed by atoms with E-state index >= 15 is 0 Å². The Balaban J connectivity index is 1.81. The summed E-state index contributed by atoms with van der Waals surface area (Å²) in [6, 6.07) is 9.10. The first kappa shape index (κ1) is 16.0. The van der Waals surface area contributed by atoms with Crippen molar-refractivity contribution < 1.29 is 9.59 Å². The van der Waals surface area contributed by atoms with Crippen LogP contribution in [0, 0.1) is 17.2 Å². The van der Waals surface area contributed by atoms with E-state index in [1.54, 1.807) is 6.07 Å². The third-order valence-electron chi connectivity index (χ3n) is 3.89. The van der Waals surface area contributed by atoms with Gasteiger partial charge in [0.2, 0.25) is 11.8 Å². The average molecular weight is 299 g/mol. The van der Waals surface area contributed by atoms with Gasteiger partial charge in [0.1, 0.15) is 6.42 Å². The van der Waals surface area contributed by atoms with Crippen LogP contribution in [0.2, 0.25) is 0 Å². The molecule has 2 N–H and O–H groups in total. The van der Waals surface area contributed by atoms with Crippen molar-refractivity contribution in [3.63, 3.8) is 0 Å². The lowest BCUT2D eigenvalue weighted by atomic mass is 10.0. The summed E-state index contributed by atoms with van der Waals surface area (Å²) in [6.45, 7) is 0.452. The van der Waals surface area contributed by atoms with Gasteiger partial charge in [-0.3, -0.25) is 9.59 Å². The van der Waals surface area contributed by atoms with Crippen LogP contribution in [-0.2, 0) is 16.1 Å². The molecule has 2 rings (SSSR count). The number of hydrogen-bond donors (Lipinski definition) is 2. The first-order valence-corrected chi connectivity index (χ1v) is 7.70. The second-order valence-electron chi connectivity index (χ2n) is 5.71. The van der Waals surface area contributed by atoms with E-state index in [9.17, 15) is 9.59 Å². The largest absolute Gasteiger partial charge is 0.352 e. The van der Waals surface area contributed by atoms with Crippen molar-refractivity contribution in [1.82, 2.24) is 5.32 Å². The maximum Gasteiger partial charge on any atom is 0.238 e. The molecule has 5 nitrogen and oxygen atoms in total. The number of nitriles is 1. The topological polar surface area (TPSA) is 82.0 Å². The molecule has 0 spiro atoms. The molecule has 1 aromatic carbocycles. The zero-order valence-corrected chi connectivity index (χ0v) is 12.6. The Bertz CT molecular complexity index is 572. The molecule has 0 saturated heterocycles. The Labute approximate surface area is 130 Å². The Kier molecular flexibility index (Phi) is 5.96. The van der Waals surface area contributed by atoms with Crippen LogP contribution < -0.4 is 10.6 Å². The van der Waals surface area contributed by atoms with E-state index in [0.717, 1.165) is 18.4 Å². The minimum Gasteiger partial charge on any atom is -0.352 e. The van der Waals surface area contributed by atoms with E-state index in [1.807, 2.05) is 24.3 Å². The highest BCUT2D eigenvalue weighted by molar-refractivity contribution is 5.92. The number of rotatable bonds is 6. The van der Waals surface area contributed by atoms with Crippen LogP contribution in [0.25, 0.3) is 0 Å². The molecular weight excluding hydrogens is 278 g/mol. The highest BCUT2D eigenvalue weighted by Crippen LogP contribution is 2.27. The molecular formula is C17H21N3O2. The Morgan fingerprint density at radius 2 is 2.00 bits per heavy atom. The number of benzene rings is 1. The van der Waals surface area contributed by atoms with Crippen LogP contribution in [-0.4, -0.2) is 11.8 Å². The number of amides is 2. The van der Waals surface area contributed by atoms with Crippen molar-refractivity contribution >= 4 is 17.5 Å². The van der Waals surface area contributed by atoms with E-state index < -0.39 is 0 Å². The lowest BCUT2D eigenvalue weighted by Gasteiger charge is -2.10. The first-order valence-electron chi connectivity index (χ1n) is 7.70. The zero-order valence-electron chi connectivity index (χ0n) is 12.6. The SMILES string of the molecule is N#CCC(=O)Nc1cccc(CNC(=O)CC2CCCC2)c1. The van der Waals surface area contributed by atoms with Crippen LogP contribution in [0.5, 0.6) is 0 Å². The van der Waals surface area contributed by atoms with Gasteiger partial charge >= 0.3 is 0 Å². The number of carbonyl (C=O) groups excluding carboxylic acids is 2. The predicted octanol–water partition coefficient (Wildman–Crippen LogP) is 2.74. The molecule has 1 aliphatic rings. The lowest BCUT2D eigenvalue weighted by Crippen LogP contribution is -2.24. The summed E-state index contributed by atoms with van der Waals surface area (Å²) in [5.41, 5.74) is 1.57. The van der Waals surface area contributed by atoms with Crippen molar-refractivity contribution in [2.24, 2.45) is 5.92 Å². The second kappa shape index (κ2) is 8.18. The van der Waals surface area contributed by atoms with Crippen LogP contribution in [0.15, 0.2) is 24.3 Å². The Hall–Kier alpha value is -2.35. The zero-order chi connectivity index (χ0) is 15.8. The van der Waals surface area contributed by atoms with Crippen LogP contribution in [0.3, 0.4) is 0 Å². The predicted molar refractivity (Wildman–Crippen MR) is 83.7 cm³/mol. The Morgan fingerprint density at radius 3 is 2.73 bits per heavy atom. The van der Waals surface area contributed by atoms with Gasteiger partial charge in [0.25, 0.3) is 0 Å². The number of nitrogens with one attached hydrogen (secondary N) is 2. The van der Waals surface area contributed by atoms with Crippen LogP contribution in [0.1, 0.15) is 44.1 Å². The molecule has 1 saturated carbocycles. The van der Waals surface area contributed by atoms with E-state index in [1.165, 1.54) is 12.8 Å². The second-order valence-corrected chi connectivity index (χ2v) is 5.71. The van der Waals surface area contributed by atoms with Gasteiger partial charge in [-0.15, -0.1) is 0 Å². The summed E-state index contributed by atoms with van der Waals surface area (Å²) < 4.78 is 0. The van der Waals surface area contributed by atoms with E-state index in [0.29, 0.717) is 24.6 Å². The van der Waals surface area contributed by atoms with Crippen molar-refractivity contribution in [2.75, 3.05) is 5.32 Å². The minimum absolute atomic E-state index is 0.0887. The Morgan fingerprint density at radius 1 is 1.23 bits per heavy atom. The average Bonchev–Trinajstić information content (AvgIpc) is 2.98. The van der Waals surface area contributed by atoms with E-state index in [-0.39, 0.29) is 18.2 Å². The molecule has 1 aromatic rings. The molecule has 0 aliphatic heterocycles. The van der Waals surface area contributed by atoms with Crippen LogP contribution in [0.4, 0.5) is 5.69 Å². The molecule has 1 aliphatic carbocycles. The molecule has 2 amide bonds. The molecule has 0 bridgehead atoms. The van der Waals surface area contributed by atoms with Gasteiger partial charge in [-0.1, -0.05) is 25.0 Å². The molecule has 0 heterocycles. The fourth-order valence-corrected chi connectivity index (χ4v) is 2.79. The van der Waals surface area contributed by atoms with Crippen molar-refractivity contribution in [1.29, 1.82) is 5.26 Å². The quantitative estimate of drug-likeness (QED) is 0.847. The number of hydrogen-bond acceptors (Lipinski definition) is 3. The smallest absolute Gasteiger partial charge is 0.238 e. The van der Waals surface area contributed by atoms with Gasteiger partial charge in [0, 0.05) is 18.7 Å². The van der Waals surface area contributed by atoms with E-state index in [4.69, 9.17) is 5.26 Å². The molecule has 0 aromatic heterocycles. The lowest BCUT2D eigenvalue weighted by molar-refractivity contribution is -0.122. The van der Waals surface area contributed by atoms with Gasteiger partial charge < -0.3 is 10.6 Å². The maximum atomic E-state index is 11.9. The molecule has 0 radical (unpaired) electrons. The van der Waals surface area contributed by atoms with Gasteiger partial charge in [0.05, 0.1) is 6.07 Å². The molecule has 0 atom stereocenters. The van der Waals surface area contributed by atoms with Gasteiger partial charge in [0.15, 0.2) is 0 Å². The summed E-state index contributed by atoms with van der Waals surface area (Å²) in [7, 11) is 0. The molecule has 0 unspecified atom stereocenters. The van der Waals surface area contributed by atoms with Crippen molar-refractivity contribution in [2.45, 2.75) is 45.1 Å². The van der Waals surface area contributed by atoms with Gasteiger partial charge in [-0.05, 0) is 36.5 Å². The molecule has 1 fully saturated rings. The van der Waals surface area contributed by atoms with Gasteiger partial charge in [-0.25, -0.2) is 0 Å². The fraction of sp³-hybridized carbons (Fsp3) is 0.471. The van der Waals surface area contributed by atoms with Crippen molar-refractivity contribution in [3.05, 3.63) is 29.8 Å². The highest BCUT2D eigenvalue weighted by atomic mass is 16.2. The third-order valence-corrected chi connectivity index (χ3v) is 3.89. The fourth-order valence-electron chi connectivity index (χ4n) is 2.79. The number of nitrogens with zero attached hydrogens (tertiary/aromatic N) is 1. The highest BCUT2D eigenvalue weighted by Gasteiger charge is 2.18. The summed E-state index contributed by atoms with van der Waals surface area (Å²) in [6.07, 6.45) is 5.24. The summed E-state index contributed by atoms with van der Waals surface area (Å²) in [5, 5.41) is 14.1. The van der Waals surface area contributed by atoms with Gasteiger partial charge in [-0.2, -0.15) is 5.26 Å². The maximum absolute atomic E-state index is 11.9. The molecule has 5 heteroatoms. The number of carbonyl (C=O) groups is 2. The molecule has 116 valence electrons. The monoisotopic (exact) mass is 299 g/mol. The van der Waals surface area contributed by atoms with Crippen molar-refractivity contribution in [3.8, 4) is 6.07 Å². The first-order chi connectivity index (χ1) is 10.7. The van der Waals surface area contributed by atoms with E-state index in [2.05, 4.69) is 10.6 Å². The standard InChI is InChI=1S/C17H21N3O2/c18-9-8-16(21)20-15-7-3-6-14(10-15)12-19-17(22)11-13-4-1-2-5-13/h3,6-7,10,13H,1-2,4-5,8,11-12H2,(H,19,22)(H,20,21). The summed E-state index contributed by atoms with van der Waals surface area (Å²) in [4.78, 5) is 23.3. The normalized spacial score (nSPS) is 14.3. The molecule has 22 heavy (non-hydrogen) atoms. The minimum atomic E-state index is -0.329. The summed E-state index contributed by atoms with van der Waals surface area (Å²) in [5.74, 6) is 0.298. The third kappa shape index (κ3) is 5.21.